The standard InChI is InChI=1S/C20H24N4O4/c21-18-4-2-1-3-17(18)19(25)23-20(26)22-15-5-7-16(8-6-15)28-14-11-24-9-12-27-13-10-24/h1-8H,9-14,21H2,(H2,22,23,25,26). The number of amides is 3. The van der Waals surface area contributed by atoms with Gasteiger partial charge in [0.15, 0.2) is 0 Å². The number of rotatable bonds is 6. The maximum atomic E-state index is 12.1. The molecule has 0 aliphatic carbocycles. The molecule has 0 radical (unpaired) electrons. The van der Waals surface area contributed by atoms with E-state index in [2.05, 4.69) is 15.5 Å². The van der Waals surface area contributed by atoms with Gasteiger partial charge in [0.05, 0.1) is 18.8 Å². The minimum Gasteiger partial charge on any atom is -0.492 e. The van der Waals surface area contributed by atoms with Crippen LogP contribution in [0.25, 0.3) is 0 Å². The lowest BCUT2D eigenvalue weighted by Crippen LogP contribution is -2.38. The highest BCUT2D eigenvalue weighted by atomic mass is 16.5. The minimum atomic E-state index is -0.630. The molecule has 4 N–H and O–H groups in total. The van der Waals surface area contributed by atoms with Crippen LogP contribution in [0.15, 0.2) is 48.5 Å². The van der Waals surface area contributed by atoms with Crippen LogP contribution in [0.5, 0.6) is 5.75 Å². The van der Waals surface area contributed by atoms with E-state index in [0.717, 1.165) is 32.8 Å². The fourth-order valence-electron chi connectivity index (χ4n) is 2.79. The van der Waals surface area contributed by atoms with Crippen molar-refractivity contribution in [3.05, 3.63) is 54.1 Å². The molecule has 0 aromatic heterocycles. The molecule has 0 spiro atoms. The number of para-hydroxylation sites is 1. The van der Waals surface area contributed by atoms with Crippen molar-refractivity contribution in [1.29, 1.82) is 0 Å². The highest BCUT2D eigenvalue weighted by Crippen LogP contribution is 2.16. The summed E-state index contributed by atoms with van der Waals surface area (Å²) < 4.78 is 11.0. The number of imide groups is 1. The van der Waals surface area contributed by atoms with Crippen molar-refractivity contribution in [1.82, 2.24) is 10.2 Å². The fraction of sp³-hybridized carbons (Fsp3) is 0.300. The Bertz CT molecular complexity index is 804. The second-order valence-corrected chi connectivity index (χ2v) is 6.32. The Morgan fingerprint density at radius 2 is 1.79 bits per heavy atom. The number of benzene rings is 2. The number of morpholine rings is 1. The van der Waals surface area contributed by atoms with Gasteiger partial charge < -0.3 is 20.5 Å². The Morgan fingerprint density at radius 3 is 2.50 bits per heavy atom. The maximum absolute atomic E-state index is 12.1. The van der Waals surface area contributed by atoms with Crippen LogP contribution >= 0.6 is 0 Å². The van der Waals surface area contributed by atoms with E-state index in [-0.39, 0.29) is 5.56 Å². The van der Waals surface area contributed by atoms with Crippen molar-refractivity contribution in [3.63, 3.8) is 0 Å². The summed E-state index contributed by atoms with van der Waals surface area (Å²) in [6, 6.07) is 12.9. The molecular weight excluding hydrogens is 360 g/mol. The molecule has 148 valence electrons. The van der Waals surface area contributed by atoms with Gasteiger partial charge in [0.2, 0.25) is 0 Å². The van der Waals surface area contributed by atoms with Gasteiger partial charge in [-0.1, -0.05) is 12.1 Å². The first-order valence-electron chi connectivity index (χ1n) is 9.11. The molecule has 3 rings (SSSR count). The molecule has 8 heteroatoms. The van der Waals surface area contributed by atoms with Crippen LogP contribution in [0.3, 0.4) is 0 Å². The average molecular weight is 384 g/mol. The molecule has 0 saturated carbocycles. The molecule has 0 unspecified atom stereocenters. The number of hydrogen-bond acceptors (Lipinski definition) is 6. The van der Waals surface area contributed by atoms with E-state index in [0.29, 0.717) is 23.7 Å². The SMILES string of the molecule is Nc1ccccc1C(=O)NC(=O)Nc1ccc(OCCN2CCOCC2)cc1. The predicted molar refractivity (Wildman–Crippen MR) is 107 cm³/mol. The Hall–Kier alpha value is -3.10. The van der Waals surface area contributed by atoms with E-state index in [1.807, 2.05) is 0 Å². The summed E-state index contributed by atoms with van der Waals surface area (Å²) in [6.45, 7) is 4.81. The molecule has 1 aliphatic rings. The molecule has 8 nitrogen and oxygen atoms in total. The first-order chi connectivity index (χ1) is 13.6. The second-order valence-electron chi connectivity index (χ2n) is 6.32. The summed E-state index contributed by atoms with van der Waals surface area (Å²) in [7, 11) is 0. The quantitative estimate of drug-likeness (QED) is 0.658. The molecule has 28 heavy (non-hydrogen) atoms. The smallest absolute Gasteiger partial charge is 0.326 e. The van der Waals surface area contributed by atoms with Gasteiger partial charge in [0.25, 0.3) is 5.91 Å². The maximum Gasteiger partial charge on any atom is 0.326 e. The monoisotopic (exact) mass is 384 g/mol. The summed E-state index contributed by atoms with van der Waals surface area (Å²) >= 11 is 0. The molecule has 0 atom stereocenters. The van der Waals surface area contributed by atoms with E-state index < -0.39 is 11.9 Å². The molecule has 1 aliphatic heterocycles. The van der Waals surface area contributed by atoms with Gasteiger partial charge in [-0.05, 0) is 36.4 Å². The highest BCUT2D eigenvalue weighted by Gasteiger charge is 2.13. The third-order valence-electron chi connectivity index (χ3n) is 4.32. The van der Waals surface area contributed by atoms with Gasteiger partial charge in [-0.25, -0.2) is 4.79 Å². The zero-order valence-corrected chi connectivity index (χ0v) is 15.5. The number of hydrogen-bond donors (Lipinski definition) is 3. The Morgan fingerprint density at radius 1 is 1.07 bits per heavy atom. The van der Waals surface area contributed by atoms with Crippen molar-refractivity contribution < 1.29 is 19.1 Å². The van der Waals surface area contributed by atoms with Crippen LogP contribution in [0.1, 0.15) is 10.4 Å². The normalized spacial score (nSPS) is 14.3. The summed E-state index contributed by atoms with van der Waals surface area (Å²) in [5, 5.41) is 4.86. The zero-order valence-electron chi connectivity index (χ0n) is 15.5. The molecule has 3 amide bonds. The number of ether oxygens (including phenoxy) is 2. The van der Waals surface area contributed by atoms with Gasteiger partial charge in [-0.2, -0.15) is 0 Å². The number of anilines is 2. The Kier molecular flexibility index (Phi) is 6.83. The van der Waals surface area contributed by atoms with Gasteiger partial charge >= 0.3 is 6.03 Å². The number of carbonyl (C=O) groups is 2. The van der Waals surface area contributed by atoms with Gasteiger partial charge in [-0.3, -0.25) is 15.0 Å². The lowest BCUT2D eigenvalue weighted by molar-refractivity contribution is 0.0322. The van der Waals surface area contributed by atoms with Gasteiger partial charge in [0.1, 0.15) is 12.4 Å². The molecule has 1 saturated heterocycles. The van der Waals surface area contributed by atoms with Gasteiger partial charge in [-0.15, -0.1) is 0 Å². The number of nitrogen functional groups attached to an aromatic ring is 1. The Balaban J connectivity index is 1.43. The van der Waals surface area contributed by atoms with E-state index >= 15 is 0 Å². The first kappa shape index (κ1) is 19.7. The van der Waals surface area contributed by atoms with Crippen LogP contribution in [0.2, 0.25) is 0 Å². The lowest BCUT2D eigenvalue weighted by atomic mass is 10.2. The van der Waals surface area contributed by atoms with Crippen LogP contribution < -0.4 is 21.1 Å². The van der Waals surface area contributed by atoms with Crippen molar-refractivity contribution in [2.45, 2.75) is 0 Å². The average Bonchev–Trinajstić information content (AvgIpc) is 2.70. The van der Waals surface area contributed by atoms with Crippen LogP contribution in [-0.2, 0) is 4.74 Å². The van der Waals surface area contributed by atoms with E-state index in [9.17, 15) is 9.59 Å². The van der Waals surface area contributed by atoms with Crippen LogP contribution in [0, 0.1) is 0 Å². The number of nitrogens with zero attached hydrogens (tertiary/aromatic N) is 1. The highest BCUT2D eigenvalue weighted by molar-refractivity contribution is 6.10. The topological polar surface area (TPSA) is 106 Å². The summed E-state index contributed by atoms with van der Waals surface area (Å²) in [6.07, 6.45) is 0. The summed E-state index contributed by atoms with van der Waals surface area (Å²) in [5.41, 5.74) is 6.85. The summed E-state index contributed by atoms with van der Waals surface area (Å²) in [4.78, 5) is 26.4. The van der Waals surface area contributed by atoms with Crippen LogP contribution in [-0.4, -0.2) is 56.3 Å². The molecule has 0 bridgehead atoms. The molecular formula is C20H24N4O4. The number of urea groups is 1. The van der Waals surface area contributed by atoms with Crippen LogP contribution in [0.4, 0.5) is 16.2 Å². The summed E-state index contributed by atoms with van der Waals surface area (Å²) in [5.74, 6) is 0.158. The third kappa shape index (κ3) is 5.70. The molecule has 2 aromatic rings. The second kappa shape index (κ2) is 9.72. The number of nitrogens with two attached hydrogens (primary N) is 1. The Labute approximate surface area is 163 Å². The third-order valence-corrected chi connectivity index (χ3v) is 4.32. The van der Waals surface area contributed by atoms with E-state index in [4.69, 9.17) is 15.2 Å². The van der Waals surface area contributed by atoms with E-state index in [1.165, 1.54) is 0 Å². The fourth-order valence-corrected chi connectivity index (χ4v) is 2.79. The largest absolute Gasteiger partial charge is 0.492 e. The van der Waals surface area contributed by atoms with Crippen molar-refractivity contribution >= 4 is 23.3 Å². The van der Waals surface area contributed by atoms with Crippen molar-refractivity contribution in [2.24, 2.45) is 0 Å². The molecule has 2 aromatic carbocycles. The lowest BCUT2D eigenvalue weighted by Gasteiger charge is -2.26. The van der Waals surface area contributed by atoms with Gasteiger partial charge in [0, 0.05) is 31.0 Å². The minimum absolute atomic E-state index is 0.252. The zero-order chi connectivity index (χ0) is 19.8. The van der Waals surface area contributed by atoms with Crippen molar-refractivity contribution in [3.8, 4) is 5.75 Å². The first-order valence-corrected chi connectivity index (χ1v) is 9.11. The predicted octanol–water partition coefficient (Wildman–Crippen LogP) is 1.94. The number of carbonyl (C=O) groups excluding carboxylic acids is 2. The van der Waals surface area contributed by atoms with E-state index in [1.54, 1.807) is 48.5 Å². The van der Waals surface area contributed by atoms with Crippen molar-refractivity contribution in [2.75, 3.05) is 50.5 Å². The number of nitrogens with one attached hydrogen (secondary N) is 2. The molecule has 1 fully saturated rings. The molecule has 1 heterocycles.